The van der Waals surface area contributed by atoms with Crippen molar-refractivity contribution in [2.45, 2.75) is 13.8 Å². The number of aryl methyl sites for hydroxylation is 1. The van der Waals surface area contributed by atoms with Crippen molar-refractivity contribution in [3.63, 3.8) is 0 Å². The largest absolute Gasteiger partial charge is 0.507 e. The van der Waals surface area contributed by atoms with Crippen LogP contribution in [0.15, 0.2) is 18.2 Å². The Morgan fingerprint density at radius 2 is 1.90 bits per heavy atom. The zero-order chi connectivity index (χ0) is 15.8. The smallest absolute Gasteiger partial charge is 0.342 e. The van der Waals surface area contributed by atoms with E-state index in [1.807, 2.05) is 0 Å². The molecule has 0 fully saturated rings. The molecule has 0 atom stereocenters. The van der Waals surface area contributed by atoms with Gasteiger partial charge >= 0.3 is 5.97 Å². The monoisotopic (exact) mass is 294 g/mol. The van der Waals surface area contributed by atoms with Gasteiger partial charge in [-0.25, -0.2) is 4.79 Å². The summed E-state index contributed by atoms with van der Waals surface area (Å²) in [6.07, 6.45) is 0. The van der Waals surface area contributed by atoms with Gasteiger partial charge in [-0.2, -0.15) is 0 Å². The van der Waals surface area contributed by atoms with Crippen molar-refractivity contribution >= 4 is 17.8 Å². The van der Waals surface area contributed by atoms with E-state index in [9.17, 15) is 19.5 Å². The lowest BCUT2D eigenvalue weighted by atomic mass is 10.1. The Labute approximate surface area is 122 Å². The van der Waals surface area contributed by atoms with E-state index < -0.39 is 18.5 Å². The molecule has 0 saturated heterocycles. The fraction of sp³-hybridized carbons (Fsp3) is 0.357. The molecule has 1 rings (SSSR count). The number of para-hydroxylation sites is 1. The van der Waals surface area contributed by atoms with Crippen molar-refractivity contribution in [3.8, 4) is 5.75 Å². The molecule has 7 nitrogen and oxygen atoms in total. The van der Waals surface area contributed by atoms with E-state index in [0.29, 0.717) is 12.1 Å². The van der Waals surface area contributed by atoms with Gasteiger partial charge in [-0.1, -0.05) is 12.1 Å². The van der Waals surface area contributed by atoms with Crippen LogP contribution in [-0.2, 0) is 14.3 Å². The molecule has 114 valence electrons. The third kappa shape index (κ3) is 5.13. The minimum absolute atomic E-state index is 0.00785. The number of benzene rings is 1. The summed E-state index contributed by atoms with van der Waals surface area (Å²) in [7, 11) is 0. The number of nitrogens with one attached hydrogen (secondary N) is 2. The van der Waals surface area contributed by atoms with E-state index in [4.69, 9.17) is 4.74 Å². The number of aromatic hydroxyl groups is 1. The van der Waals surface area contributed by atoms with E-state index in [2.05, 4.69) is 10.6 Å². The summed E-state index contributed by atoms with van der Waals surface area (Å²) in [4.78, 5) is 34.3. The van der Waals surface area contributed by atoms with Crippen molar-refractivity contribution in [2.75, 3.05) is 19.7 Å². The molecule has 7 heteroatoms. The zero-order valence-corrected chi connectivity index (χ0v) is 11.9. The van der Waals surface area contributed by atoms with E-state index in [0.717, 1.165) is 0 Å². The molecular weight excluding hydrogens is 276 g/mol. The number of phenolic OH excluding ortho intramolecular Hbond substituents is 1. The summed E-state index contributed by atoms with van der Waals surface area (Å²) in [5.41, 5.74) is 0.525. The second-order valence-electron chi connectivity index (χ2n) is 4.28. The van der Waals surface area contributed by atoms with Crippen molar-refractivity contribution in [3.05, 3.63) is 29.3 Å². The van der Waals surface area contributed by atoms with Crippen molar-refractivity contribution in [1.82, 2.24) is 10.6 Å². The molecule has 0 spiro atoms. The van der Waals surface area contributed by atoms with Crippen LogP contribution in [0.1, 0.15) is 22.8 Å². The maximum absolute atomic E-state index is 11.7. The summed E-state index contributed by atoms with van der Waals surface area (Å²) in [5, 5.41) is 14.5. The molecule has 1 aromatic carbocycles. The summed E-state index contributed by atoms with van der Waals surface area (Å²) < 4.78 is 4.78. The van der Waals surface area contributed by atoms with Crippen molar-refractivity contribution < 1.29 is 24.2 Å². The summed E-state index contributed by atoms with van der Waals surface area (Å²) in [5.74, 6) is -1.90. The maximum Gasteiger partial charge on any atom is 0.342 e. The predicted molar refractivity (Wildman–Crippen MR) is 74.8 cm³/mol. The van der Waals surface area contributed by atoms with Crippen LogP contribution < -0.4 is 10.6 Å². The Hall–Kier alpha value is -2.57. The molecule has 0 saturated carbocycles. The molecule has 0 aromatic heterocycles. The highest BCUT2D eigenvalue weighted by atomic mass is 16.5. The minimum atomic E-state index is -0.802. The second-order valence-corrected chi connectivity index (χ2v) is 4.28. The molecule has 1 aromatic rings. The van der Waals surface area contributed by atoms with E-state index in [-0.39, 0.29) is 23.8 Å². The number of ether oxygens (including phenoxy) is 1. The van der Waals surface area contributed by atoms with Crippen molar-refractivity contribution in [1.29, 1.82) is 0 Å². The summed E-state index contributed by atoms with van der Waals surface area (Å²) in [6.45, 7) is 3.17. The van der Waals surface area contributed by atoms with Gasteiger partial charge in [-0.15, -0.1) is 0 Å². The Kier molecular flexibility index (Phi) is 6.19. The van der Waals surface area contributed by atoms with Crippen LogP contribution in [0.5, 0.6) is 5.75 Å². The molecule has 0 heterocycles. The lowest BCUT2D eigenvalue weighted by molar-refractivity contribution is -0.127. The van der Waals surface area contributed by atoms with Gasteiger partial charge in [0.2, 0.25) is 5.91 Å². The molecule has 0 bridgehead atoms. The highest BCUT2D eigenvalue weighted by molar-refractivity contribution is 5.94. The number of likely N-dealkylation sites (N-methyl/N-ethyl adjacent to an activating group) is 1. The average Bonchev–Trinajstić information content (AvgIpc) is 2.45. The Morgan fingerprint density at radius 3 is 2.57 bits per heavy atom. The fourth-order valence-corrected chi connectivity index (χ4v) is 1.52. The van der Waals surface area contributed by atoms with Crippen LogP contribution in [0.3, 0.4) is 0 Å². The molecule has 2 amide bonds. The van der Waals surface area contributed by atoms with Crippen LogP contribution in [-0.4, -0.2) is 42.6 Å². The molecule has 3 N–H and O–H groups in total. The Bertz CT molecular complexity index is 542. The zero-order valence-electron chi connectivity index (χ0n) is 11.9. The number of esters is 1. The quantitative estimate of drug-likeness (QED) is 0.646. The maximum atomic E-state index is 11.7. The van der Waals surface area contributed by atoms with Crippen molar-refractivity contribution in [2.24, 2.45) is 0 Å². The lowest BCUT2D eigenvalue weighted by Gasteiger charge is -2.08. The molecule has 0 unspecified atom stereocenters. The molecule has 21 heavy (non-hydrogen) atoms. The van der Waals surface area contributed by atoms with Crippen LogP contribution in [0, 0.1) is 6.92 Å². The van der Waals surface area contributed by atoms with Crippen LogP contribution in [0.2, 0.25) is 0 Å². The highest BCUT2D eigenvalue weighted by Crippen LogP contribution is 2.21. The average molecular weight is 294 g/mol. The Balaban J connectivity index is 2.44. The lowest BCUT2D eigenvalue weighted by Crippen LogP contribution is -2.38. The third-order valence-corrected chi connectivity index (χ3v) is 2.61. The molecular formula is C14H18N2O5. The first kappa shape index (κ1) is 16.5. The van der Waals surface area contributed by atoms with E-state index >= 15 is 0 Å². The number of rotatable bonds is 6. The first-order valence-electron chi connectivity index (χ1n) is 6.44. The third-order valence-electron chi connectivity index (χ3n) is 2.61. The number of hydrogen-bond donors (Lipinski definition) is 3. The number of carbonyl (C=O) groups excluding carboxylic acids is 3. The number of amides is 2. The van der Waals surface area contributed by atoms with Gasteiger partial charge in [-0.05, 0) is 25.5 Å². The van der Waals surface area contributed by atoms with Gasteiger partial charge in [0, 0.05) is 6.54 Å². The number of carbonyl (C=O) groups is 3. The molecule has 0 aliphatic carbocycles. The van der Waals surface area contributed by atoms with Gasteiger partial charge in [0.25, 0.3) is 5.91 Å². The first-order valence-corrected chi connectivity index (χ1v) is 6.44. The second kappa shape index (κ2) is 7.88. The number of hydrogen-bond acceptors (Lipinski definition) is 5. The molecule has 0 aliphatic heterocycles. The van der Waals surface area contributed by atoms with Crippen LogP contribution >= 0.6 is 0 Å². The summed E-state index contributed by atoms with van der Waals surface area (Å²) >= 11 is 0. The predicted octanol–water partition coefficient (Wildman–Crippen LogP) is 0.110. The van der Waals surface area contributed by atoms with E-state index in [1.54, 1.807) is 26.0 Å². The molecule has 0 aliphatic rings. The number of phenols is 1. The standard InChI is InChI=1S/C14H18N2O5/c1-3-15-11(17)7-16-12(18)8-21-14(20)10-6-4-5-9(2)13(10)19/h4-6,19H,3,7-8H2,1-2H3,(H,15,17)(H,16,18). The minimum Gasteiger partial charge on any atom is -0.507 e. The Morgan fingerprint density at radius 1 is 1.19 bits per heavy atom. The van der Waals surface area contributed by atoms with Crippen LogP contribution in [0.25, 0.3) is 0 Å². The van der Waals surface area contributed by atoms with Gasteiger partial charge in [0.15, 0.2) is 6.61 Å². The SMILES string of the molecule is CCNC(=O)CNC(=O)COC(=O)c1cccc(C)c1O. The fourth-order valence-electron chi connectivity index (χ4n) is 1.52. The van der Waals surface area contributed by atoms with E-state index in [1.165, 1.54) is 6.07 Å². The highest BCUT2D eigenvalue weighted by Gasteiger charge is 2.15. The first-order chi connectivity index (χ1) is 9.95. The van der Waals surface area contributed by atoms with Crippen LogP contribution in [0.4, 0.5) is 0 Å². The van der Waals surface area contributed by atoms with Gasteiger partial charge in [0.05, 0.1) is 6.54 Å². The summed E-state index contributed by atoms with van der Waals surface area (Å²) in [6, 6.07) is 4.64. The van der Waals surface area contributed by atoms with Gasteiger partial charge in [0.1, 0.15) is 11.3 Å². The molecule has 0 radical (unpaired) electrons. The van der Waals surface area contributed by atoms with Gasteiger partial charge < -0.3 is 20.5 Å². The topological polar surface area (TPSA) is 105 Å². The van der Waals surface area contributed by atoms with Gasteiger partial charge in [-0.3, -0.25) is 9.59 Å². The normalized spacial score (nSPS) is 9.81.